The normalized spacial score (nSPS) is 18.2. The summed E-state index contributed by atoms with van der Waals surface area (Å²) in [6, 6.07) is 15.5. The van der Waals surface area contributed by atoms with Crippen LogP contribution in [0.4, 0.5) is 5.69 Å². The SMILES string of the molecule is O=C(O)c1ccc(N2CCN(CC3=C(c4ccc(Cl)cc4)CCCC3)CC2)cc1. The maximum atomic E-state index is 11.0. The molecule has 4 rings (SSSR count). The summed E-state index contributed by atoms with van der Waals surface area (Å²) >= 11 is 6.07. The molecular weight excluding hydrogens is 384 g/mol. The molecule has 0 saturated carbocycles. The van der Waals surface area contributed by atoms with Crippen molar-refractivity contribution in [3.8, 4) is 0 Å². The van der Waals surface area contributed by atoms with Gasteiger partial charge in [0.25, 0.3) is 0 Å². The van der Waals surface area contributed by atoms with Crippen LogP contribution in [0.15, 0.2) is 54.1 Å². The minimum Gasteiger partial charge on any atom is -0.478 e. The maximum Gasteiger partial charge on any atom is 0.335 e. The lowest BCUT2D eigenvalue weighted by Crippen LogP contribution is -2.47. The number of allylic oxidation sites excluding steroid dienone is 1. The smallest absolute Gasteiger partial charge is 0.335 e. The van der Waals surface area contributed by atoms with Crippen LogP contribution in [-0.2, 0) is 0 Å². The summed E-state index contributed by atoms with van der Waals surface area (Å²) in [6.07, 6.45) is 4.89. The molecular formula is C24H27ClN2O2. The minimum absolute atomic E-state index is 0.339. The molecule has 1 saturated heterocycles. The number of aromatic carboxylic acids is 1. The zero-order valence-electron chi connectivity index (χ0n) is 16.6. The maximum absolute atomic E-state index is 11.0. The first-order valence-corrected chi connectivity index (χ1v) is 10.8. The quantitative estimate of drug-likeness (QED) is 0.736. The Balaban J connectivity index is 1.40. The molecule has 0 radical (unpaired) electrons. The number of rotatable bonds is 5. The number of hydrogen-bond acceptors (Lipinski definition) is 3. The summed E-state index contributed by atoms with van der Waals surface area (Å²) in [4.78, 5) is 15.9. The van der Waals surface area contributed by atoms with Gasteiger partial charge in [-0.05, 0) is 73.2 Å². The largest absolute Gasteiger partial charge is 0.478 e. The van der Waals surface area contributed by atoms with Gasteiger partial charge in [-0.3, -0.25) is 4.90 Å². The van der Waals surface area contributed by atoms with Crippen molar-refractivity contribution < 1.29 is 9.90 Å². The van der Waals surface area contributed by atoms with Gasteiger partial charge in [0.05, 0.1) is 5.56 Å². The number of carboxylic acids is 1. The third kappa shape index (κ3) is 4.82. The molecule has 0 amide bonds. The third-order valence-corrected chi connectivity index (χ3v) is 6.29. The first kappa shape index (κ1) is 20.0. The van der Waals surface area contributed by atoms with Gasteiger partial charge in [-0.2, -0.15) is 0 Å². The number of hydrogen-bond donors (Lipinski definition) is 1. The molecule has 4 nitrogen and oxygen atoms in total. The molecule has 0 spiro atoms. The Morgan fingerprint density at radius 3 is 2.21 bits per heavy atom. The molecule has 1 heterocycles. The van der Waals surface area contributed by atoms with Gasteiger partial charge in [0, 0.05) is 43.4 Å². The molecule has 2 aromatic rings. The molecule has 0 bridgehead atoms. The molecule has 1 aliphatic carbocycles. The van der Waals surface area contributed by atoms with E-state index in [-0.39, 0.29) is 0 Å². The Bertz CT molecular complexity index is 882. The lowest BCUT2D eigenvalue weighted by atomic mass is 9.87. The highest BCUT2D eigenvalue weighted by Crippen LogP contribution is 2.33. The van der Waals surface area contributed by atoms with Crippen molar-refractivity contribution >= 4 is 28.8 Å². The molecule has 1 N–H and O–H groups in total. The van der Waals surface area contributed by atoms with E-state index in [1.807, 2.05) is 24.3 Å². The van der Waals surface area contributed by atoms with E-state index in [0.29, 0.717) is 5.56 Å². The minimum atomic E-state index is -0.876. The van der Waals surface area contributed by atoms with Crippen LogP contribution in [0.2, 0.25) is 5.02 Å². The Labute approximate surface area is 177 Å². The molecule has 0 aromatic heterocycles. The van der Waals surface area contributed by atoms with E-state index < -0.39 is 5.97 Å². The molecule has 0 unspecified atom stereocenters. The van der Waals surface area contributed by atoms with E-state index >= 15 is 0 Å². The highest BCUT2D eigenvalue weighted by molar-refractivity contribution is 6.30. The van der Waals surface area contributed by atoms with Crippen molar-refractivity contribution in [3.63, 3.8) is 0 Å². The van der Waals surface area contributed by atoms with Crippen LogP contribution in [-0.4, -0.2) is 48.7 Å². The topological polar surface area (TPSA) is 43.8 Å². The molecule has 29 heavy (non-hydrogen) atoms. The van der Waals surface area contributed by atoms with Crippen LogP contribution in [0.5, 0.6) is 0 Å². The highest BCUT2D eigenvalue weighted by Gasteiger charge is 2.21. The fourth-order valence-electron chi connectivity index (χ4n) is 4.39. The number of nitrogens with zero attached hydrogens (tertiary/aromatic N) is 2. The van der Waals surface area contributed by atoms with Crippen molar-refractivity contribution in [3.05, 3.63) is 70.3 Å². The molecule has 1 aliphatic heterocycles. The van der Waals surface area contributed by atoms with Gasteiger partial charge in [-0.1, -0.05) is 29.3 Å². The number of carboxylic acid groups (broad SMARTS) is 1. The van der Waals surface area contributed by atoms with Crippen molar-refractivity contribution in [2.24, 2.45) is 0 Å². The van der Waals surface area contributed by atoms with Gasteiger partial charge in [0.2, 0.25) is 0 Å². The van der Waals surface area contributed by atoms with E-state index in [0.717, 1.165) is 49.9 Å². The van der Waals surface area contributed by atoms with Gasteiger partial charge >= 0.3 is 5.97 Å². The molecule has 152 valence electrons. The second kappa shape index (κ2) is 9.02. The predicted octanol–water partition coefficient (Wildman–Crippen LogP) is 5.19. The van der Waals surface area contributed by atoms with E-state index in [1.54, 1.807) is 17.7 Å². The van der Waals surface area contributed by atoms with E-state index in [4.69, 9.17) is 16.7 Å². The summed E-state index contributed by atoms with van der Waals surface area (Å²) in [5, 5.41) is 9.85. The number of benzene rings is 2. The van der Waals surface area contributed by atoms with E-state index in [1.165, 1.54) is 30.4 Å². The average Bonchev–Trinajstić information content (AvgIpc) is 2.75. The number of halogens is 1. The summed E-state index contributed by atoms with van der Waals surface area (Å²) in [6.45, 7) is 5.03. The third-order valence-electron chi connectivity index (χ3n) is 6.04. The lowest BCUT2D eigenvalue weighted by molar-refractivity contribution is 0.0697. The summed E-state index contributed by atoms with van der Waals surface area (Å²) in [7, 11) is 0. The van der Waals surface area contributed by atoms with Crippen molar-refractivity contribution in [2.45, 2.75) is 25.7 Å². The highest BCUT2D eigenvalue weighted by atomic mass is 35.5. The van der Waals surface area contributed by atoms with Crippen LogP contribution in [0, 0.1) is 0 Å². The van der Waals surface area contributed by atoms with Crippen LogP contribution >= 0.6 is 11.6 Å². The molecule has 2 aromatic carbocycles. The van der Waals surface area contributed by atoms with Crippen molar-refractivity contribution in [2.75, 3.05) is 37.6 Å². The second-order valence-corrected chi connectivity index (χ2v) is 8.35. The molecule has 0 atom stereocenters. The van der Waals surface area contributed by atoms with Gasteiger partial charge in [-0.25, -0.2) is 4.79 Å². The van der Waals surface area contributed by atoms with E-state index in [9.17, 15) is 4.79 Å². The van der Waals surface area contributed by atoms with Gasteiger partial charge in [0.1, 0.15) is 0 Å². The van der Waals surface area contributed by atoms with Crippen LogP contribution in [0.25, 0.3) is 5.57 Å². The summed E-state index contributed by atoms with van der Waals surface area (Å²) in [5.41, 5.74) is 5.86. The number of carbonyl (C=O) groups is 1. The Hall–Kier alpha value is -2.30. The Morgan fingerprint density at radius 1 is 0.897 bits per heavy atom. The number of piperazine rings is 1. The zero-order chi connectivity index (χ0) is 20.2. The molecule has 2 aliphatic rings. The first-order valence-electron chi connectivity index (χ1n) is 10.4. The van der Waals surface area contributed by atoms with Gasteiger partial charge < -0.3 is 10.0 Å². The Morgan fingerprint density at radius 2 is 1.55 bits per heavy atom. The van der Waals surface area contributed by atoms with Crippen LogP contribution < -0.4 is 4.90 Å². The standard InChI is InChI=1S/C24H27ClN2O2/c25-21-9-5-18(6-10-21)23-4-2-1-3-20(23)17-26-13-15-27(16-14-26)22-11-7-19(8-12-22)24(28)29/h5-12H,1-4,13-17H2,(H,28,29). The average molecular weight is 411 g/mol. The monoisotopic (exact) mass is 410 g/mol. The summed E-state index contributed by atoms with van der Waals surface area (Å²) in [5.74, 6) is -0.876. The molecule has 1 fully saturated rings. The van der Waals surface area contributed by atoms with Gasteiger partial charge in [-0.15, -0.1) is 0 Å². The second-order valence-electron chi connectivity index (χ2n) is 7.91. The summed E-state index contributed by atoms with van der Waals surface area (Å²) < 4.78 is 0. The fraction of sp³-hybridized carbons (Fsp3) is 0.375. The molecule has 5 heteroatoms. The zero-order valence-corrected chi connectivity index (χ0v) is 17.4. The lowest BCUT2D eigenvalue weighted by Gasteiger charge is -2.37. The van der Waals surface area contributed by atoms with Crippen LogP contribution in [0.1, 0.15) is 41.6 Å². The van der Waals surface area contributed by atoms with Crippen LogP contribution in [0.3, 0.4) is 0 Å². The Kier molecular flexibility index (Phi) is 6.22. The predicted molar refractivity (Wildman–Crippen MR) is 119 cm³/mol. The van der Waals surface area contributed by atoms with Crippen molar-refractivity contribution in [1.29, 1.82) is 0 Å². The number of anilines is 1. The van der Waals surface area contributed by atoms with Crippen molar-refractivity contribution in [1.82, 2.24) is 4.90 Å². The van der Waals surface area contributed by atoms with E-state index in [2.05, 4.69) is 21.9 Å². The van der Waals surface area contributed by atoms with Gasteiger partial charge in [0.15, 0.2) is 0 Å². The first-order chi connectivity index (χ1) is 14.1. The fourth-order valence-corrected chi connectivity index (χ4v) is 4.52.